The van der Waals surface area contributed by atoms with Gasteiger partial charge in [-0.1, -0.05) is 11.3 Å². The van der Waals surface area contributed by atoms with Crippen molar-refractivity contribution in [3.05, 3.63) is 36.1 Å². The van der Waals surface area contributed by atoms with E-state index in [1.54, 1.807) is 24.3 Å². The van der Waals surface area contributed by atoms with Crippen LogP contribution in [0.25, 0.3) is 27.7 Å². The largest absolute Gasteiger partial charge is 0.479 e. The van der Waals surface area contributed by atoms with Crippen molar-refractivity contribution in [1.82, 2.24) is 34.5 Å². The highest BCUT2D eigenvalue weighted by Gasteiger charge is 2.49. The van der Waals surface area contributed by atoms with E-state index in [-0.39, 0.29) is 30.8 Å². The number of ether oxygens (including phenoxy) is 1. The van der Waals surface area contributed by atoms with Gasteiger partial charge in [-0.05, 0) is 23.8 Å². The molecule has 13 heteroatoms. The molecule has 34 heavy (non-hydrogen) atoms. The van der Waals surface area contributed by atoms with Crippen molar-refractivity contribution in [2.45, 2.75) is 25.4 Å². The van der Waals surface area contributed by atoms with Gasteiger partial charge in [0.25, 0.3) is 5.92 Å². The molecule has 0 spiro atoms. The average Bonchev–Trinajstić information content (AvgIpc) is 3.47. The molecule has 1 aromatic carbocycles. The van der Waals surface area contributed by atoms with Crippen molar-refractivity contribution >= 4 is 22.5 Å². The molecule has 1 saturated heterocycles. The molecule has 0 saturated carbocycles. The molecule has 0 radical (unpaired) electrons. The number of hydrogen-bond donors (Lipinski definition) is 1. The van der Waals surface area contributed by atoms with E-state index in [2.05, 4.69) is 25.4 Å². The van der Waals surface area contributed by atoms with Crippen LogP contribution in [0.5, 0.6) is 5.88 Å². The first kappa shape index (κ1) is 20.7. The first-order valence-electron chi connectivity index (χ1n) is 10.9. The lowest BCUT2D eigenvalue weighted by molar-refractivity contribution is -0.129. The topological polar surface area (TPSA) is 106 Å². The number of aromatic amines is 1. The Morgan fingerprint density at radius 2 is 2.24 bits per heavy atom. The van der Waals surface area contributed by atoms with E-state index >= 15 is 0 Å². The first-order chi connectivity index (χ1) is 16.7. The predicted molar refractivity (Wildman–Crippen MR) is 115 cm³/mol. The molecular formula is C21H21F3N8O2. The van der Waals surface area contributed by atoms with Gasteiger partial charge in [0.15, 0.2) is 0 Å². The Bertz CT molecular complexity index is 1510. The van der Waals surface area contributed by atoms with Crippen molar-refractivity contribution in [1.29, 1.82) is 0 Å². The number of amides is 1. The zero-order valence-corrected chi connectivity index (χ0v) is 18.3. The summed E-state index contributed by atoms with van der Waals surface area (Å²) in [5.74, 6) is -3.62. The number of rotatable bonds is 5. The lowest BCUT2D eigenvalue weighted by Crippen LogP contribution is -2.33. The van der Waals surface area contributed by atoms with E-state index in [1.807, 2.05) is 0 Å². The number of carbonyl (C=O) groups excluding carboxylic acids is 1. The predicted octanol–water partition coefficient (Wildman–Crippen LogP) is 1.82. The third-order valence-corrected chi connectivity index (χ3v) is 5.76. The first-order valence-corrected chi connectivity index (χ1v) is 10.4. The Kier molecular flexibility index (Phi) is 4.96. The summed E-state index contributed by atoms with van der Waals surface area (Å²) in [6.45, 7) is -0.287. The second-order valence-corrected chi connectivity index (χ2v) is 7.94. The number of alkyl halides is 3. The quantitative estimate of drug-likeness (QED) is 0.474. The van der Waals surface area contributed by atoms with Gasteiger partial charge in [0.1, 0.15) is 23.7 Å². The zero-order valence-electron chi connectivity index (χ0n) is 19.3. The summed E-state index contributed by atoms with van der Waals surface area (Å²) in [4.78, 5) is 20.9. The average molecular weight is 475 g/mol. The number of aryl methyl sites for hydroxylation is 1. The SMILES string of the molecule is [2H]c1cc(-c2ccc3nnn(CCF)c3c2)c2c(OC)nc(=N[C@@H]3CN(C(C)=O)CC3(F)F)[nH]n12. The number of methoxy groups -OCH3 is 1. The number of halogens is 3. The van der Waals surface area contributed by atoms with E-state index in [1.165, 1.54) is 23.2 Å². The minimum absolute atomic E-state index is 0.00572. The van der Waals surface area contributed by atoms with Gasteiger partial charge in [-0.3, -0.25) is 14.4 Å². The highest BCUT2D eigenvalue weighted by molar-refractivity contribution is 5.89. The van der Waals surface area contributed by atoms with Crippen LogP contribution < -0.4 is 10.4 Å². The Morgan fingerprint density at radius 3 is 2.94 bits per heavy atom. The molecule has 1 N–H and O–H groups in total. The summed E-state index contributed by atoms with van der Waals surface area (Å²) in [5.41, 5.74) is 2.68. The van der Waals surface area contributed by atoms with Crippen LogP contribution in [0.4, 0.5) is 13.2 Å². The van der Waals surface area contributed by atoms with Crippen LogP contribution >= 0.6 is 0 Å². The van der Waals surface area contributed by atoms with E-state index in [9.17, 15) is 18.0 Å². The Balaban J connectivity index is 1.63. The van der Waals surface area contributed by atoms with Crippen LogP contribution in [-0.2, 0) is 11.3 Å². The maximum Gasteiger partial charge on any atom is 0.289 e. The third-order valence-electron chi connectivity index (χ3n) is 5.76. The van der Waals surface area contributed by atoms with Crippen LogP contribution in [0.3, 0.4) is 0 Å². The van der Waals surface area contributed by atoms with E-state index in [0.717, 1.165) is 4.90 Å². The van der Waals surface area contributed by atoms with Gasteiger partial charge >= 0.3 is 0 Å². The molecule has 178 valence electrons. The second kappa shape index (κ2) is 8.15. The number of benzene rings is 1. The highest BCUT2D eigenvalue weighted by Crippen LogP contribution is 2.32. The Labute approximate surface area is 192 Å². The number of nitrogens with one attached hydrogen (secondary N) is 1. The monoisotopic (exact) mass is 475 g/mol. The standard InChI is InChI=1S/C21H21F3N8O2/c1-12(33)30-10-17(21(23,24)11-30)25-20-26-19(34-2)18-14(5-7-32(18)28-20)13-3-4-15-16(9-13)31(8-6-22)29-27-15/h3-5,7,9,17H,6,8,10-11H2,1-2H3,(H,25,28)/t17-/m1/s1/i7D. The lowest BCUT2D eigenvalue weighted by Gasteiger charge is -2.13. The summed E-state index contributed by atoms with van der Waals surface area (Å²) in [6, 6.07) is 5.35. The van der Waals surface area contributed by atoms with Crippen molar-refractivity contribution in [2.24, 2.45) is 4.99 Å². The molecule has 4 aromatic rings. The summed E-state index contributed by atoms with van der Waals surface area (Å²) in [5, 5.41) is 10.8. The minimum atomic E-state index is -3.22. The summed E-state index contributed by atoms with van der Waals surface area (Å²) in [7, 11) is 1.37. The molecule has 0 aliphatic carbocycles. The van der Waals surface area contributed by atoms with Crippen molar-refractivity contribution in [3.8, 4) is 17.0 Å². The van der Waals surface area contributed by atoms with Crippen LogP contribution in [0.15, 0.2) is 35.4 Å². The maximum absolute atomic E-state index is 14.5. The van der Waals surface area contributed by atoms with Gasteiger partial charge in [-0.25, -0.2) is 22.8 Å². The zero-order chi connectivity index (χ0) is 24.9. The van der Waals surface area contributed by atoms with E-state index in [0.29, 0.717) is 27.7 Å². The number of aromatic nitrogens is 6. The number of nitrogens with zero attached hydrogens (tertiary/aromatic N) is 7. The highest BCUT2D eigenvalue weighted by atomic mass is 19.3. The van der Waals surface area contributed by atoms with Gasteiger partial charge in [0.2, 0.25) is 17.4 Å². The normalized spacial score (nSPS) is 18.7. The van der Waals surface area contributed by atoms with Crippen LogP contribution in [0.1, 0.15) is 8.29 Å². The number of fused-ring (bicyclic) bond motifs is 2. The van der Waals surface area contributed by atoms with Gasteiger partial charge in [0.05, 0.1) is 27.1 Å². The number of H-pyrrole nitrogens is 1. The van der Waals surface area contributed by atoms with E-state index < -0.39 is 31.1 Å². The summed E-state index contributed by atoms with van der Waals surface area (Å²) in [6.07, 6.45) is 0.00572. The molecule has 5 rings (SSSR count). The molecule has 1 fully saturated rings. The minimum Gasteiger partial charge on any atom is -0.479 e. The second-order valence-electron chi connectivity index (χ2n) is 7.94. The van der Waals surface area contributed by atoms with Crippen LogP contribution in [0, 0.1) is 0 Å². The molecule has 1 aliphatic rings. The summed E-state index contributed by atoms with van der Waals surface area (Å²) < 4.78 is 58.4. The Hall–Kier alpha value is -3.90. The van der Waals surface area contributed by atoms with Gasteiger partial charge in [0, 0.05) is 25.2 Å². The van der Waals surface area contributed by atoms with Crippen LogP contribution in [0.2, 0.25) is 0 Å². The number of likely N-dealkylation sites (tertiary alicyclic amines) is 1. The number of carbonyl (C=O) groups is 1. The lowest BCUT2D eigenvalue weighted by atomic mass is 10.1. The fourth-order valence-electron chi connectivity index (χ4n) is 4.04. The molecule has 1 atom stereocenters. The Morgan fingerprint density at radius 1 is 1.41 bits per heavy atom. The fraction of sp³-hybridized carbons (Fsp3) is 0.381. The molecule has 1 amide bonds. The molecule has 4 heterocycles. The third kappa shape index (κ3) is 3.66. The van der Waals surface area contributed by atoms with E-state index in [4.69, 9.17) is 6.11 Å². The molecule has 1 aliphatic heterocycles. The molecule has 10 nitrogen and oxygen atoms in total. The van der Waals surface area contributed by atoms with Crippen molar-refractivity contribution < 1.29 is 24.1 Å². The number of hydrogen-bond acceptors (Lipinski definition) is 6. The smallest absolute Gasteiger partial charge is 0.289 e. The van der Waals surface area contributed by atoms with Crippen LogP contribution in [-0.4, -0.2) is 79.2 Å². The van der Waals surface area contributed by atoms with Gasteiger partial charge < -0.3 is 9.64 Å². The molecule has 0 unspecified atom stereocenters. The molecular weight excluding hydrogens is 453 g/mol. The van der Waals surface area contributed by atoms with Gasteiger partial charge in [-0.2, -0.15) is 4.98 Å². The van der Waals surface area contributed by atoms with Gasteiger partial charge in [-0.15, -0.1) is 5.10 Å². The maximum atomic E-state index is 14.5. The molecule has 3 aromatic heterocycles. The fourth-order valence-corrected chi connectivity index (χ4v) is 4.04. The molecule has 0 bridgehead atoms. The van der Waals surface area contributed by atoms with Crippen molar-refractivity contribution in [3.63, 3.8) is 0 Å². The van der Waals surface area contributed by atoms with Crippen molar-refractivity contribution in [2.75, 3.05) is 26.9 Å². The summed E-state index contributed by atoms with van der Waals surface area (Å²) >= 11 is 0.